The number of hydrogen-bond acceptors (Lipinski definition) is 2. The van der Waals surface area contributed by atoms with Crippen molar-refractivity contribution in [2.45, 2.75) is 33.1 Å². The second kappa shape index (κ2) is 4.46. The van der Waals surface area contributed by atoms with Crippen LogP contribution in [0.1, 0.15) is 31.4 Å². The Kier molecular flexibility index (Phi) is 3.20. The number of benzene rings is 1. The lowest BCUT2D eigenvalue weighted by Crippen LogP contribution is -2.25. The van der Waals surface area contributed by atoms with E-state index in [4.69, 9.17) is 9.84 Å². The topological polar surface area (TPSA) is 29.5 Å². The molecule has 0 aliphatic heterocycles. The Labute approximate surface area is 97.3 Å². The minimum atomic E-state index is -0.168. The summed E-state index contributed by atoms with van der Waals surface area (Å²) in [6.45, 7) is 4.71. The Hall–Kier alpha value is -1.02. The Morgan fingerprint density at radius 3 is 2.75 bits per heavy atom. The van der Waals surface area contributed by atoms with Crippen LogP contribution >= 0.6 is 0 Å². The fourth-order valence-corrected chi connectivity index (χ4v) is 1.96. The number of aliphatic hydroxyl groups excluding tert-OH is 1. The van der Waals surface area contributed by atoms with E-state index in [2.05, 4.69) is 12.1 Å². The maximum atomic E-state index is 9.15. The summed E-state index contributed by atoms with van der Waals surface area (Å²) in [7, 11) is 0. The largest absolute Gasteiger partial charge is 0.493 e. The zero-order chi connectivity index (χ0) is 11.6. The highest BCUT2D eigenvalue weighted by Crippen LogP contribution is 2.27. The normalized spacial score (nSPS) is 14.9. The van der Waals surface area contributed by atoms with E-state index < -0.39 is 0 Å². The molecule has 2 heteroatoms. The monoisotopic (exact) mass is 220 g/mol. The van der Waals surface area contributed by atoms with E-state index in [0.29, 0.717) is 6.61 Å². The van der Waals surface area contributed by atoms with E-state index in [9.17, 15) is 0 Å². The van der Waals surface area contributed by atoms with Crippen molar-refractivity contribution in [1.29, 1.82) is 0 Å². The van der Waals surface area contributed by atoms with Crippen LogP contribution in [0.25, 0.3) is 0 Å². The van der Waals surface area contributed by atoms with Crippen LogP contribution in [-0.4, -0.2) is 18.3 Å². The number of aryl methyl sites for hydroxylation is 2. The summed E-state index contributed by atoms with van der Waals surface area (Å²) in [6, 6.07) is 6.36. The third-order valence-electron chi connectivity index (χ3n) is 3.13. The highest BCUT2D eigenvalue weighted by Gasteiger charge is 2.18. The van der Waals surface area contributed by atoms with Gasteiger partial charge in [-0.05, 0) is 42.5 Å². The van der Waals surface area contributed by atoms with Crippen LogP contribution in [0.2, 0.25) is 0 Å². The zero-order valence-electron chi connectivity index (χ0n) is 10.1. The SMILES string of the molecule is CC(C)(CO)COc1ccc2c(c1)CCC2. The summed E-state index contributed by atoms with van der Waals surface area (Å²) in [6.07, 6.45) is 3.65. The number of aliphatic hydroxyl groups is 1. The highest BCUT2D eigenvalue weighted by atomic mass is 16.5. The number of rotatable bonds is 4. The number of fused-ring (bicyclic) bond motifs is 1. The summed E-state index contributed by atoms with van der Waals surface area (Å²) in [5.74, 6) is 0.933. The average molecular weight is 220 g/mol. The summed E-state index contributed by atoms with van der Waals surface area (Å²) < 4.78 is 5.73. The molecule has 1 N–H and O–H groups in total. The fraction of sp³-hybridized carbons (Fsp3) is 0.571. The second-order valence-corrected chi connectivity index (χ2v) is 5.40. The average Bonchev–Trinajstić information content (AvgIpc) is 2.73. The van der Waals surface area contributed by atoms with Gasteiger partial charge >= 0.3 is 0 Å². The molecule has 2 nitrogen and oxygen atoms in total. The summed E-state index contributed by atoms with van der Waals surface area (Å²) in [5.41, 5.74) is 2.73. The van der Waals surface area contributed by atoms with Crippen LogP contribution in [0.3, 0.4) is 0 Å². The smallest absolute Gasteiger partial charge is 0.119 e. The predicted octanol–water partition coefficient (Wildman–Crippen LogP) is 2.57. The van der Waals surface area contributed by atoms with Gasteiger partial charge in [0.15, 0.2) is 0 Å². The van der Waals surface area contributed by atoms with Crippen LogP contribution in [-0.2, 0) is 12.8 Å². The van der Waals surface area contributed by atoms with Crippen LogP contribution in [0, 0.1) is 5.41 Å². The zero-order valence-corrected chi connectivity index (χ0v) is 10.1. The van der Waals surface area contributed by atoms with E-state index in [1.807, 2.05) is 19.9 Å². The third kappa shape index (κ3) is 2.56. The molecule has 0 amide bonds. The molecule has 0 atom stereocenters. The molecule has 0 unspecified atom stereocenters. The van der Waals surface area contributed by atoms with Gasteiger partial charge in [-0.25, -0.2) is 0 Å². The molecule has 0 aromatic heterocycles. The minimum absolute atomic E-state index is 0.151. The molecule has 0 saturated heterocycles. The van der Waals surface area contributed by atoms with Crippen molar-refractivity contribution in [3.8, 4) is 5.75 Å². The molecule has 0 spiro atoms. The summed E-state index contributed by atoms with van der Waals surface area (Å²) >= 11 is 0. The van der Waals surface area contributed by atoms with E-state index in [1.165, 1.54) is 30.4 Å². The van der Waals surface area contributed by atoms with Crippen LogP contribution in [0.5, 0.6) is 5.75 Å². The lowest BCUT2D eigenvalue weighted by molar-refractivity contribution is 0.0975. The van der Waals surface area contributed by atoms with Crippen molar-refractivity contribution in [1.82, 2.24) is 0 Å². The first-order chi connectivity index (χ1) is 7.61. The quantitative estimate of drug-likeness (QED) is 0.845. The Balaban J connectivity index is 2.00. The Morgan fingerprint density at radius 2 is 2.00 bits per heavy atom. The third-order valence-corrected chi connectivity index (χ3v) is 3.13. The van der Waals surface area contributed by atoms with Crippen LogP contribution in [0.15, 0.2) is 18.2 Å². The molecule has 88 valence electrons. The van der Waals surface area contributed by atoms with Gasteiger partial charge in [0.05, 0.1) is 13.2 Å². The van der Waals surface area contributed by atoms with Crippen molar-refractivity contribution in [3.63, 3.8) is 0 Å². The molecule has 1 aliphatic carbocycles. The van der Waals surface area contributed by atoms with E-state index in [0.717, 1.165) is 5.75 Å². The first kappa shape index (κ1) is 11.5. The van der Waals surface area contributed by atoms with E-state index >= 15 is 0 Å². The Bertz CT molecular complexity index is 369. The van der Waals surface area contributed by atoms with Crippen LogP contribution in [0.4, 0.5) is 0 Å². The van der Waals surface area contributed by atoms with Gasteiger partial charge in [-0.3, -0.25) is 0 Å². The van der Waals surface area contributed by atoms with Gasteiger partial charge in [0.1, 0.15) is 5.75 Å². The minimum Gasteiger partial charge on any atom is -0.493 e. The van der Waals surface area contributed by atoms with Crippen LogP contribution < -0.4 is 4.74 Å². The fourth-order valence-electron chi connectivity index (χ4n) is 1.96. The summed E-state index contributed by atoms with van der Waals surface area (Å²) in [4.78, 5) is 0. The van der Waals surface area contributed by atoms with E-state index in [-0.39, 0.29) is 12.0 Å². The molecule has 0 bridgehead atoms. The standard InChI is InChI=1S/C14H20O2/c1-14(2,9-15)10-16-13-7-6-11-4-3-5-12(11)8-13/h6-8,15H,3-5,9-10H2,1-2H3. The van der Waals surface area contributed by atoms with Gasteiger partial charge in [-0.1, -0.05) is 19.9 Å². The molecular weight excluding hydrogens is 200 g/mol. The lowest BCUT2D eigenvalue weighted by Gasteiger charge is -2.22. The second-order valence-electron chi connectivity index (χ2n) is 5.40. The highest BCUT2D eigenvalue weighted by molar-refractivity contribution is 5.38. The van der Waals surface area contributed by atoms with Crippen molar-refractivity contribution in [2.75, 3.05) is 13.2 Å². The van der Waals surface area contributed by atoms with Gasteiger partial charge in [-0.15, -0.1) is 0 Å². The van der Waals surface area contributed by atoms with Crippen molar-refractivity contribution in [2.24, 2.45) is 5.41 Å². The first-order valence-electron chi connectivity index (χ1n) is 5.96. The molecule has 0 heterocycles. The molecule has 1 aromatic carbocycles. The van der Waals surface area contributed by atoms with Crippen molar-refractivity contribution >= 4 is 0 Å². The van der Waals surface area contributed by atoms with E-state index in [1.54, 1.807) is 0 Å². The number of ether oxygens (including phenoxy) is 1. The maximum Gasteiger partial charge on any atom is 0.119 e. The molecule has 1 aliphatic rings. The molecule has 0 radical (unpaired) electrons. The molecule has 2 rings (SSSR count). The molecule has 16 heavy (non-hydrogen) atoms. The number of hydrogen-bond donors (Lipinski definition) is 1. The molecular formula is C14H20O2. The van der Waals surface area contributed by atoms with Crippen molar-refractivity contribution < 1.29 is 9.84 Å². The predicted molar refractivity (Wildman–Crippen MR) is 64.8 cm³/mol. The van der Waals surface area contributed by atoms with Gasteiger partial charge in [0, 0.05) is 5.41 Å². The lowest BCUT2D eigenvalue weighted by atomic mass is 9.96. The Morgan fingerprint density at radius 1 is 1.25 bits per heavy atom. The molecule has 0 fully saturated rings. The molecule has 0 saturated carbocycles. The molecule has 1 aromatic rings. The van der Waals surface area contributed by atoms with Crippen molar-refractivity contribution in [3.05, 3.63) is 29.3 Å². The summed E-state index contributed by atoms with van der Waals surface area (Å²) in [5, 5.41) is 9.15. The van der Waals surface area contributed by atoms with Gasteiger partial charge in [-0.2, -0.15) is 0 Å². The first-order valence-corrected chi connectivity index (χ1v) is 5.96. The van der Waals surface area contributed by atoms with Gasteiger partial charge in [0.25, 0.3) is 0 Å². The van der Waals surface area contributed by atoms with Gasteiger partial charge in [0.2, 0.25) is 0 Å². The maximum absolute atomic E-state index is 9.15. The van der Waals surface area contributed by atoms with Gasteiger partial charge < -0.3 is 9.84 Å².